The number of carbonyl (C=O) groups excluding carboxylic acids is 2. The molecule has 1 saturated heterocycles. The zero-order valence-corrected chi connectivity index (χ0v) is 14.3. The molecule has 0 aromatic heterocycles. The van der Waals surface area contributed by atoms with Gasteiger partial charge in [-0.2, -0.15) is 0 Å². The third-order valence-electron chi connectivity index (χ3n) is 3.98. The topological polar surface area (TPSA) is 49.9 Å². The van der Waals surface area contributed by atoms with Gasteiger partial charge in [-0.25, -0.2) is 4.79 Å². The Morgan fingerprint density at radius 3 is 2.65 bits per heavy atom. The zero-order chi connectivity index (χ0) is 16.8. The lowest BCUT2D eigenvalue weighted by molar-refractivity contribution is -0.132. The standard InChI is InChI=1S/C17H23ClN2O3/c1-13(2)20(16(21)10-18)15-8-9-19(11-15)17(22)23-12-14-6-4-3-5-7-14/h3-7,13,15H,8-12H2,1-2H3. The first-order valence-corrected chi connectivity index (χ1v) is 8.39. The van der Waals surface area contributed by atoms with Crippen LogP contribution >= 0.6 is 11.6 Å². The van der Waals surface area contributed by atoms with E-state index in [4.69, 9.17) is 16.3 Å². The fourth-order valence-electron chi connectivity index (χ4n) is 2.93. The number of hydrogen-bond donors (Lipinski definition) is 0. The number of likely N-dealkylation sites (tertiary alicyclic amines) is 1. The SMILES string of the molecule is CC(C)N(C(=O)CCl)C1CCN(C(=O)OCc2ccccc2)C1. The largest absolute Gasteiger partial charge is 0.445 e. The molecule has 1 fully saturated rings. The van der Waals surface area contributed by atoms with Crippen LogP contribution in [-0.4, -0.2) is 52.9 Å². The lowest BCUT2D eigenvalue weighted by Gasteiger charge is -2.32. The van der Waals surface area contributed by atoms with Crippen molar-refractivity contribution in [3.05, 3.63) is 35.9 Å². The summed E-state index contributed by atoms with van der Waals surface area (Å²) in [6.45, 7) is 5.27. The molecule has 1 unspecified atom stereocenters. The van der Waals surface area contributed by atoms with E-state index >= 15 is 0 Å². The highest BCUT2D eigenvalue weighted by atomic mass is 35.5. The molecule has 0 bridgehead atoms. The average Bonchev–Trinajstić information content (AvgIpc) is 3.02. The number of nitrogens with zero attached hydrogens (tertiary/aromatic N) is 2. The van der Waals surface area contributed by atoms with Crippen molar-refractivity contribution in [1.29, 1.82) is 0 Å². The predicted molar refractivity (Wildman–Crippen MR) is 89.3 cm³/mol. The normalized spacial score (nSPS) is 17.4. The summed E-state index contributed by atoms with van der Waals surface area (Å²) in [4.78, 5) is 27.6. The van der Waals surface area contributed by atoms with E-state index in [0.717, 1.165) is 12.0 Å². The Hall–Kier alpha value is -1.75. The van der Waals surface area contributed by atoms with Crippen molar-refractivity contribution in [2.45, 2.75) is 39.0 Å². The summed E-state index contributed by atoms with van der Waals surface area (Å²) in [6, 6.07) is 9.64. The molecule has 2 amide bonds. The van der Waals surface area contributed by atoms with Crippen molar-refractivity contribution in [3.8, 4) is 0 Å². The molecule has 1 atom stereocenters. The minimum absolute atomic E-state index is 0.00512. The van der Waals surface area contributed by atoms with Gasteiger partial charge >= 0.3 is 6.09 Å². The lowest BCUT2D eigenvalue weighted by Crippen LogP contribution is -2.47. The minimum atomic E-state index is -0.335. The van der Waals surface area contributed by atoms with Gasteiger partial charge in [0.15, 0.2) is 0 Å². The first-order chi connectivity index (χ1) is 11.0. The van der Waals surface area contributed by atoms with E-state index < -0.39 is 0 Å². The van der Waals surface area contributed by atoms with Gasteiger partial charge in [0.05, 0.1) is 6.04 Å². The predicted octanol–water partition coefficient (Wildman–Crippen LogP) is 2.87. The van der Waals surface area contributed by atoms with Crippen molar-refractivity contribution in [1.82, 2.24) is 9.80 Å². The van der Waals surface area contributed by atoms with Gasteiger partial charge in [-0.3, -0.25) is 4.79 Å². The first kappa shape index (κ1) is 17.6. The number of halogens is 1. The van der Waals surface area contributed by atoms with E-state index in [-0.39, 0.29) is 36.6 Å². The van der Waals surface area contributed by atoms with Crippen molar-refractivity contribution in [3.63, 3.8) is 0 Å². The van der Waals surface area contributed by atoms with E-state index in [1.54, 1.807) is 9.80 Å². The molecule has 0 saturated carbocycles. The second kappa shape index (κ2) is 8.20. The highest BCUT2D eigenvalue weighted by molar-refractivity contribution is 6.27. The summed E-state index contributed by atoms with van der Waals surface area (Å²) in [5.41, 5.74) is 0.956. The van der Waals surface area contributed by atoms with Crippen LogP contribution < -0.4 is 0 Å². The molecule has 0 radical (unpaired) electrons. The van der Waals surface area contributed by atoms with Crippen LogP contribution in [0.15, 0.2) is 30.3 Å². The number of alkyl halides is 1. The fraction of sp³-hybridized carbons (Fsp3) is 0.529. The molecule has 23 heavy (non-hydrogen) atoms. The molecular formula is C17H23ClN2O3. The Morgan fingerprint density at radius 1 is 1.35 bits per heavy atom. The van der Waals surface area contributed by atoms with Crippen molar-refractivity contribution >= 4 is 23.6 Å². The van der Waals surface area contributed by atoms with Gasteiger partial charge in [-0.1, -0.05) is 30.3 Å². The van der Waals surface area contributed by atoms with E-state index in [2.05, 4.69) is 0 Å². The van der Waals surface area contributed by atoms with Gasteiger partial charge in [-0.05, 0) is 25.8 Å². The first-order valence-electron chi connectivity index (χ1n) is 7.85. The van der Waals surface area contributed by atoms with E-state index in [0.29, 0.717) is 13.1 Å². The number of carbonyl (C=O) groups is 2. The second-order valence-corrected chi connectivity index (χ2v) is 6.22. The van der Waals surface area contributed by atoms with Crippen LogP contribution in [0, 0.1) is 0 Å². The smallest absolute Gasteiger partial charge is 0.410 e. The van der Waals surface area contributed by atoms with E-state index in [1.165, 1.54) is 0 Å². The quantitative estimate of drug-likeness (QED) is 0.776. The Balaban J connectivity index is 1.88. The van der Waals surface area contributed by atoms with Crippen molar-refractivity contribution in [2.75, 3.05) is 19.0 Å². The zero-order valence-electron chi connectivity index (χ0n) is 13.6. The van der Waals surface area contributed by atoms with Gasteiger partial charge < -0.3 is 14.5 Å². The molecule has 2 rings (SSSR count). The van der Waals surface area contributed by atoms with Gasteiger partial charge in [-0.15, -0.1) is 11.6 Å². The Labute approximate surface area is 142 Å². The summed E-state index contributed by atoms with van der Waals surface area (Å²) in [6.07, 6.45) is 0.416. The molecule has 1 heterocycles. The molecule has 5 nitrogen and oxygen atoms in total. The summed E-state index contributed by atoms with van der Waals surface area (Å²) in [5.74, 6) is -0.126. The maximum atomic E-state index is 12.2. The Morgan fingerprint density at radius 2 is 2.04 bits per heavy atom. The third-order valence-corrected chi connectivity index (χ3v) is 4.21. The van der Waals surface area contributed by atoms with Crippen LogP contribution in [0.5, 0.6) is 0 Å². The Bertz CT molecular complexity index is 536. The summed E-state index contributed by atoms with van der Waals surface area (Å²) in [5, 5.41) is 0. The van der Waals surface area contributed by atoms with Crippen LogP contribution in [0.3, 0.4) is 0 Å². The average molecular weight is 339 g/mol. The molecule has 0 aliphatic carbocycles. The number of amides is 2. The van der Waals surface area contributed by atoms with Gasteiger partial charge in [0.1, 0.15) is 12.5 Å². The number of ether oxygens (including phenoxy) is 1. The van der Waals surface area contributed by atoms with Crippen LogP contribution in [0.25, 0.3) is 0 Å². The number of benzene rings is 1. The van der Waals surface area contributed by atoms with Crippen LogP contribution in [-0.2, 0) is 16.1 Å². The molecular weight excluding hydrogens is 316 g/mol. The molecule has 126 valence electrons. The summed E-state index contributed by atoms with van der Waals surface area (Å²) < 4.78 is 5.34. The maximum Gasteiger partial charge on any atom is 0.410 e. The highest BCUT2D eigenvalue weighted by Crippen LogP contribution is 2.20. The monoisotopic (exact) mass is 338 g/mol. The fourth-order valence-corrected chi connectivity index (χ4v) is 3.07. The van der Waals surface area contributed by atoms with Crippen LogP contribution in [0.4, 0.5) is 4.79 Å². The Kier molecular flexibility index (Phi) is 6.28. The summed E-state index contributed by atoms with van der Waals surface area (Å²) in [7, 11) is 0. The highest BCUT2D eigenvalue weighted by Gasteiger charge is 2.34. The molecule has 6 heteroatoms. The van der Waals surface area contributed by atoms with Crippen LogP contribution in [0.2, 0.25) is 0 Å². The van der Waals surface area contributed by atoms with E-state index in [9.17, 15) is 9.59 Å². The number of rotatable bonds is 5. The molecule has 1 aliphatic heterocycles. The van der Waals surface area contributed by atoms with Gasteiger partial charge in [0.2, 0.25) is 5.91 Å². The molecule has 0 N–H and O–H groups in total. The number of hydrogen-bond acceptors (Lipinski definition) is 3. The second-order valence-electron chi connectivity index (χ2n) is 5.96. The maximum absolute atomic E-state index is 12.2. The molecule has 1 aromatic rings. The van der Waals surface area contributed by atoms with Gasteiger partial charge in [0.25, 0.3) is 0 Å². The minimum Gasteiger partial charge on any atom is -0.445 e. The third kappa shape index (κ3) is 4.61. The van der Waals surface area contributed by atoms with Gasteiger partial charge in [0, 0.05) is 19.1 Å². The molecule has 1 aromatic carbocycles. The van der Waals surface area contributed by atoms with Crippen molar-refractivity contribution < 1.29 is 14.3 Å². The van der Waals surface area contributed by atoms with Crippen molar-refractivity contribution in [2.24, 2.45) is 0 Å². The lowest BCUT2D eigenvalue weighted by atomic mass is 10.1. The summed E-state index contributed by atoms with van der Waals surface area (Å²) >= 11 is 5.69. The van der Waals surface area contributed by atoms with Crippen LogP contribution in [0.1, 0.15) is 25.8 Å². The van der Waals surface area contributed by atoms with E-state index in [1.807, 2.05) is 44.2 Å². The molecule has 1 aliphatic rings. The molecule has 0 spiro atoms.